The number of rotatable bonds is 4. The van der Waals surface area contributed by atoms with Gasteiger partial charge in [0, 0.05) is 41.5 Å². The van der Waals surface area contributed by atoms with Crippen molar-refractivity contribution in [2.75, 3.05) is 4.90 Å². The standard InChI is InChI=1S/C24H21F2N3O/c25-21-4-1-3-20(22(21)26)15-5-7-16(8-6-15)23(30)17-13-18-9-10-19(14-17)29(18)24-27-11-2-12-28-24/h1-8,11-12,17-19H,9-10,13-14H2. The van der Waals surface area contributed by atoms with Crippen LogP contribution in [0.3, 0.4) is 0 Å². The number of hydrogen-bond acceptors (Lipinski definition) is 4. The number of piperidine rings is 1. The Labute approximate surface area is 173 Å². The van der Waals surface area contributed by atoms with Crippen LogP contribution in [-0.2, 0) is 0 Å². The summed E-state index contributed by atoms with van der Waals surface area (Å²) in [5.74, 6) is -0.927. The fourth-order valence-corrected chi connectivity index (χ4v) is 4.92. The number of nitrogens with zero attached hydrogens (tertiary/aromatic N) is 3. The molecular weight excluding hydrogens is 384 g/mol. The van der Waals surface area contributed by atoms with E-state index < -0.39 is 11.6 Å². The normalized spacial score (nSPS) is 22.9. The molecule has 3 heterocycles. The lowest BCUT2D eigenvalue weighted by molar-refractivity contribution is 0.0885. The summed E-state index contributed by atoms with van der Waals surface area (Å²) >= 11 is 0. The first-order valence-electron chi connectivity index (χ1n) is 10.3. The summed E-state index contributed by atoms with van der Waals surface area (Å²) in [5, 5.41) is 0. The maximum atomic E-state index is 14.1. The van der Waals surface area contributed by atoms with Crippen LogP contribution in [-0.4, -0.2) is 27.8 Å². The highest BCUT2D eigenvalue weighted by Crippen LogP contribution is 2.41. The Bertz CT molecular complexity index is 1060. The van der Waals surface area contributed by atoms with Gasteiger partial charge in [0.1, 0.15) is 0 Å². The number of ketones is 1. The molecule has 5 rings (SSSR count). The van der Waals surface area contributed by atoms with E-state index in [1.807, 2.05) is 0 Å². The Morgan fingerprint density at radius 1 is 0.900 bits per heavy atom. The molecule has 2 bridgehead atoms. The molecule has 2 saturated heterocycles. The monoisotopic (exact) mass is 405 g/mol. The molecule has 2 fully saturated rings. The maximum Gasteiger partial charge on any atom is 0.225 e. The average Bonchev–Trinajstić information content (AvgIpc) is 3.05. The van der Waals surface area contributed by atoms with Gasteiger partial charge in [-0.15, -0.1) is 0 Å². The molecule has 0 aliphatic carbocycles. The number of hydrogen-bond donors (Lipinski definition) is 0. The van der Waals surface area contributed by atoms with Gasteiger partial charge in [0.2, 0.25) is 5.95 Å². The zero-order valence-electron chi connectivity index (χ0n) is 16.3. The van der Waals surface area contributed by atoms with Crippen molar-refractivity contribution in [2.24, 2.45) is 5.92 Å². The predicted octanol–water partition coefficient (Wildman–Crippen LogP) is 5.05. The molecule has 4 nitrogen and oxygen atoms in total. The van der Waals surface area contributed by atoms with Crippen LogP contribution in [0.2, 0.25) is 0 Å². The van der Waals surface area contributed by atoms with Gasteiger partial charge in [-0.2, -0.15) is 0 Å². The molecule has 2 atom stereocenters. The lowest BCUT2D eigenvalue weighted by Crippen LogP contribution is -2.45. The molecule has 30 heavy (non-hydrogen) atoms. The van der Waals surface area contributed by atoms with E-state index in [0.29, 0.717) is 11.1 Å². The second-order valence-corrected chi connectivity index (χ2v) is 8.05. The third-order valence-electron chi connectivity index (χ3n) is 6.32. The van der Waals surface area contributed by atoms with Crippen molar-refractivity contribution in [3.63, 3.8) is 0 Å². The van der Waals surface area contributed by atoms with E-state index in [1.165, 1.54) is 12.1 Å². The van der Waals surface area contributed by atoms with E-state index >= 15 is 0 Å². The molecule has 152 valence electrons. The van der Waals surface area contributed by atoms with Crippen LogP contribution in [0.25, 0.3) is 11.1 Å². The molecule has 2 aliphatic heterocycles. The minimum Gasteiger partial charge on any atom is -0.335 e. The second-order valence-electron chi connectivity index (χ2n) is 8.05. The Balaban J connectivity index is 1.33. The fourth-order valence-electron chi connectivity index (χ4n) is 4.92. The van der Waals surface area contributed by atoms with E-state index in [1.54, 1.807) is 42.7 Å². The van der Waals surface area contributed by atoms with E-state index in [-0.39, 0.29) is 29.3 Å². The van der Waals surface area contributed by atoms with Gasteiger partial charge >= 0.3 is 0 Å². The third-order valence-corrected chi connectivity index (χ3v) is 6.32. The smallest absolute Gasteiger partial charge is 0.225 e. The van der Waals surface area contributed by atoms with Crippen LogP contribution in [0.4, 0.5) is 14.7 Å². The van der Waals surface area contributed by atoms with Gasteiger partial charge in [0.25, 0.3) is 0 Å². The topological polar surface area (TPSA) is 46.1 Å². The number of benzene rings is 2. The van der Waals surface area contributed by atoms with E-state index in [4.69, 9.17) is 0 Å². The van der Waals surface area contributed by atoms with E-state index in [2.05, 4.69) is 14.9 Å². The van der Waals surface area contributed by atoms with Crippen LogP contribution < -0.4 is 4.90 Å². The van der Waals surface area contributed by atoms with Crippen LogP contribution in [0.1, 0.15) is 36.0 Å². The summed E-state index contributed by atoms with van der Waals surface area (Å²) < 4.78 is 27.6. The van der Waals surface area contributed by atoms with Gasteiger partial charge in [-0.3, -0.25) is 4.79 Å². The van der Waals surface area contributed by atoms with E-state index in [9.17, 15) is 13.6 Å². The first kappa shape index (κ1) is 18.9. The Morgan fingerprint density at radius 3 is 2.23 bits per heavy atom. The lowest BCUT2D eigenvalue weighted by atomic mass is 9.84. The molecule has 1 aromatic heterocycles. The molecule has 0 N–H and O–H groups in total. The number of carbonyl (C=O) groups is 1. The van der Waals surface area contributed by atoms with Gasteiger partial charge in [-0.1, -0.05) is 36.4 Å². The number of anilines is 1. The predicted molar refractivity (Wildman–Crippen MR) is 110 cm³/mol. The van der Waals surface area contributed by atoms with Gasteiger partial charge in [-0.05, 0) is 43.4 Å². The number of aromatic nitrogens is 2. The molecule has 2 unspecified atom stereocenters. The molecular formula is C24H21F2N3O. The molecule has 0 spiro atoms. The van der Waals surface area contributed by atoms with Crippen molar-refractivity contribution < 1.29 is 13.6 Å². The van der Waals surface area contributed by atoms with Gasteiger partial charge < -0.3 is 4.90 Å². The zero-order chi connectivity index (χ0) is 20.7. The van der Waals surface area contributed by atoms with Gasteiger partial charge in [-0.25, -0.2) is 18.7 Å². The Morgan fingerprint density at radius 2 is 1.57 bits per heavy atom. The first-order chi connectivity index (χ1) is 14.6. The van der Waals surface area contributed by atoms with Crippen LogP contribution in [0.15, 0.2) is 60.9 Å². The zero-order valence-corrected chi connectivity index (χ0v) is 16.3. The molecule has 0 radical (unpaired) electrons. The van der Waals surface area contributed by atoms with Crippen LogP contribution >= 0.6 is 0 Å². The van der Waals surface area contributed by atoms with E-state index in [0.717, 1.165) is 37.7 Å². The third kappa shape index (κ3) is 3.26. The van der Waals surface area contributed by atoms with Crippen molar-refractivity contribution in [3.8, 4) is 11.1 Å². The van der Waals surface area contributed by atoms with Crippen LogP contribution in [0, 0.1) is 17.6 Å². The number of carbonyl (C=O) groups excluding carboxylic acids is 1. The minimum atomic E-state index is -0.878. The molecule has 2 aromatic carbocycles. The molecule has 6 heteroatoms. The van der Waals surface area contributed by atoms with Crippen molar-refractivity contribution in [3.05, 3.63) is 78.1 Å². The highest BCUT2D eigenvalue weighted by atomic mass is 19.2. The van der Waals surface area contributed by atoms with Crippen molar-refractivity contribution in [2.45, 2.75) is 37.8 Å². The summed E-state index contributed by atoms with van der Waals surface area (Å²) in [5.41, 5.74) is 1.37. The maximum absolute atomic E-state index is 14.1. The molecule has 0 saturated carbocycles. The number of Topliss-reactive ketones (excluding diaryl/α,β-unsaturated/α-hetero) is 1. The van der Waals surface area contributed by atoms with Crippen molar-refractivity contribution in [1.29, 1.82) is 0 Å². The number of fused-ring (bicyclic) bond motifs is 2. The van der Waals surface area contributed by atoms with Crippen molar-refractivity contribution >= 4 is 11.7 Å². The number of halogens is 2. The molecule has 2 aliphatic rings. The summed E-state index contributed by atoms with van der Waals surface area (Å²) in [6, 6.07) is 13.3. The van der Waals surface area contributed by atoms with Gasteiger partial charge in [0.15, 0.2) is 17.4 Å². The molecule has 3 aromatic rings. The SMILES string of the molecule is O=C(c1ccc(-c2cccc(F)c2F)cc1)C1CC2CCC(C1)N2c1ncccn1. The average molecular weight is 405 g/mol. The quantitative estimate of drug-likeness (QED) is 0.570. The first-order valence-corrected chi connectivity index (χ1v) is 10.3. The summed E-state index contributed by atoms with van der Waals surface area (Å²) in [7, 11) is 0. The highest BCUT2D eigenvalue weighted by molar-refractivity contribution is 5.98. The Hall–Kier alpha value is -3.15. The van der Waals surface area contributed by atoms with Crippen molar-refractivity contribution in [1.82, 2.24) is 9.97 Å². The molecule has 0 amide bonds. The summed E-state index contributed by atoms with van der Waals surface area (Å²) in [6.07, 6.45) is 7.17. The fraction of sp³-hybridized carbons (Fsp3) is 0.292. The lowest BCUT2D eigenvalue weighted by Gasteiger charge is -2.38. The minimum absolute atomic E-state index is 0.0424. The Kier molecular flexibility index (Phi) is 4.77. The second kappa shape index (κ2) is 7.59. The summed E-state index contributed by atoms with van der Waals surface area (Å²) in [4.78, 5) is 24.2. The largest absolute Gasteiger partial charge is 0.335 e. The van der Waals surface area contributed by atoms with Gasteiger partial charge in [0.05, 0.1) is 0 Å². The summed E-state index contributed by atoms with van der Waals surface area (Å²) in [6.45, 7) is 0. The van der Waals surface area contributed by atoms with Crippen LogP contribution in [0.5, 0.6) is 0 Å². The highest BCUT2D eigenvalue weighted by Gasteiger charge is 2.44.